The summed E-state index contributed by atoms with van der Waals surface area (Å²) in [6.45, 7) is 5.61. The molecule has 2 amide bonds. The van der Waals surface area contributed by atoms with Gasteiger partial charge in [-0.2, -0.15) is 18.2 Å². The van der Waals surface area contributed by atoms with Crippen molar-refractivity contribution in [2.75, 3.05) is 41.4 Å². The SMILES string of the molecule is CC1(C)OC[C@H](COc2cccc(NC(=O)N3c4nc(-c5cccc(C(F)(F)F)c5)ncc4N4CC[C@H]3C4)n2)O1. The van der Waals surface area contributed by atoms with Gasteiger partial charge in [-0.05, 0) is 38.5 Å². The van der Waals surface area contributed by atoms with E-state index in [1.54, 1.807) is 29.3 Å². The normalized spacial score (nSPS) is 21.3. The van der Waals surface area contributed by atoms with Crippen LogP contribution in [0.2, 0.25) is 0 Å². The molecule has 2 bridgehead atoms. The molecule has 10 nitrogen and oxygen atoms in total. The summed E-state index contributed by atoms with van der Waals surface area (Å²) in [6.07, 6.45) is -2.47. The highest BCUT2D eigenvalue weighted by molar-refractivity contribution is 6.04. The fraction of sp³-hybridized carbons (Fsp3) is 0.407. The summed E-state index contributed by atoms with van der Waals surface area (Å²) >= 11 is 0. The lowest BCUT2D eigenvalue weighted by molar-refractivity contribution is -0.141. The van der Waals surface area contributed by atoms with Gasteiger partial charge in [0.1, 0.15) is 18.5 Å². The monoisotopic (exact) mass is 556 g/mol. The largest absolute Gasteiger partial charge is 0.475 e. The van der Waals surface area contributed by atoms with Gasteiger partial charge in [-0.25, -0.2) is 14.8 Å². The van der Waals surface area contributed by atoms with E-state index in [0.717, 1.165) is 12.1 Å². The van der Waals surface area contributed by atoms with Crippen LogP contribution in [0.4, 0.5) is 35.3 Å². The highest BCUT2D eigenvalue weighted by atomic mass is 19.4. The summed E-state index contributed by atoms with van der Waals surface area (Å²) < 4.78 is 56.9. The number of amides is 2. The molecular weight excluding hydrogens is 529 g/mol. The van der Waals surface area contributed by atoms with Crippen LogP contribution in [0, 0.1) is 0 Å². The van der Waals surface area contributed by atoms with Gasteiger partial charge in [0.15, 0.2) is 17.4 Å². The maximum atomic E-state index is 13.6. The third-order valence-corrected chi connectivity index (χ3v) is 6.96. The topological polar surface area (TPSA) is 102 Å². The van der Waals surface area contributed by atoms with E-state index in [1.807, 2.05) is 13.8 Å². The molecule has 2 atom stereocenters. The fourth-order valence-corrected chi connectivity index (χ4v) is 5.10. The van der Waals surface area contributed by atoms with Crippen molar-refractivity contribution < 1.29 is 32.2 Å². The number of ether oxygens (including phenoxy) is 3. The van der Waals surface area contributed by atoms with Gasteiger partial charge >= 0.3 is 12.2 Å². The van der Waals surface area contributed by atoms with Crippen molar-refractivity contribution in [3.8, 4) is 17.3 Å². The number of rotatable bonds is 5. The lowest BCUT2D eigenvalue weighted by Gasteiger charge is -2.35. The first-order valence-electron chi connectivity index (χ1n) is 12.9. The van der Waals surface area contributed by atoms with Crippen molar-refractivity contribution in [1.29, 1.82) is 0 Å². The Balaban J connectivity index is 1.22. The highest BCUT2D eigenvalue weighted by Crippen LogP contribution is 2.40. The van der Waals surface area contributed by atoms with Crippen molar-refractivity contribution in [2.24, 2.45) is 0 Å². The van der Waals surface area contributed by atoms with E-state index < -0.39 is 23.6 Å². The molecule has 1 aromatic carbocycles. The Morgan fingerprint density at radius 1 is 1.20 bits per heavy atom. The maximum Gasteiger partial charge on any atom is 0.416 e. The lowest BCUT2D eigenvalue weighted by Crippen LogP contribution is -2.48. The van der Waals surface area contributed by atoms with Gasteiger partial charge in [0, 0.05) is 24.7 Å². The average Bonchev–Trinajstić information content (AvgIpc) is 3.50. The Morgan fingerprint density at radius 3 is 2.80 bits per heavy atom. The van der Waals surface area contributed by atoms with E-state index in [-0.39, 0.29) is 36.0 Å². The molecule has 2 aromatic heterocycles. The van der Waals surface area contributed by atoms with Crippen LogP contribution in [0.1, 0.15) is 25.8 Å². The second kappa shape index (κ2) is 9.89. The van der Waals surface area contributed by atoms with E-state index in [9.17, 15) is 18.0 Å². The fourth-order valence-electron chi connectivity index (χ4n) is 5.10. The molecule has 1 N–H and O–H groups in total. The minimum atomic E-state index is -4.50. The van der Waals surface area contributed by atoms with Crippen LogP contribution >= 0.6 is 0 Å². The van der Waals surface area contributed by atoms with E-state index in [1.165, 1.54) is 12.1 Å². The Labute approximate surface area is 228 Å². The molecule has 6 rings (SSSR count). The first-order valence-corrected chi connectivity index (χ1v) is 12.9. The lowest BCUT2D eigenvalue weighted by atomic mass is 10.1. The highest BCUT2D eigenvalue weighted by Gasteiger charge is 2.41. The Kier molecular flexibility index (Phi) is 6.50. The first-order chi connectivity index (χ1) is 19.1. The number of hydrogen-bond acceptors (Lipinski definition) is 8. The van der Waals surface area contributed by atoms with Crippen LogP contribution in [0.15, 0.2) is 48.7 Å². The van der Waals surface area contributed by atoms with Crippen molar-refractivity contribution in [3.05, 3.63) is 54.2 Å². The summed E-state index contributed by atoms with van der Waals surface area (Å²) in [4.78, 5) is 30.5. The van der Waals surface area contributed by atoms with Crippen LogP contribution in [0.25, 0.3) is 11.4 Å². The van der Waals surface area contributed by atoms with Crippen molar-refractivity contribution in [1.82, 2.24) is 15.0 Å². The van der Waals surface area contributed by atoms with Crippen LogP contribution in [-0.2, 0) is 15.7 Å². The number of nitrogens with one attached hydrogen (secondary N) is 1. The molecule has 2 saturated heterocycles. The quantitative estimate of drug-likeness (QED) is 0.482. The number of carbonyl (C=O) groups is 1. The number of hydrogen-bond donors (Lipinski definition) is 1. The summed E-state index contributed by atoms with van der Waals surface area (Å²) in [6, 6.07) is 9.23. The smallest absolute Gasteiger partial charge is 0.416 e. The van der Waals surface area contributed by atoms with E-state index in [2.05, 4.69) is 25.2 Å². The average molecular weight is 557 g/mol. The molecule has 0 unspecified atom stereocenters. The number of carbonyl (C=O) groups excluding carboxylic acids is 1. The number of benzene rings is 1. The van der Waals surface area contributed by atoms with Crippen molar-refractivity contribution >= 4 is 23.4 Å². The number of pyridine rings is 1. The Morgan fingerprint density at radius 2 is 2.02 bits per heavy atom. The zero-order valence-electron chi connectivity index (χ0n) is 21.8. The molecule has 3 aliphatic heterocycles. The number of halogens is 3. The number of fused-ring (bicyclic) bond motifs is 4. The van der Waals surface area contributed by atoms with E-state index in [4.69, 9.17) is 14.2 Å². The minimum Gasteiger partial charge on any atom is -0.475 e. The Hall–Kier alpha value is -3.97. The maximum absolute atomic E-state index is 13.6. The van der Waals surface area contributed by atoms with Gasteiger partial charge in [0.05, 0.1) is 30.1 Å². The number of nitrogens with zero attached hydrogens (tertiary/aromatic N) is 5. The molecule has 40 heavy (non-hydrogen) atoms. The zero-order chi connectivity index (χ0) is 28.1. The van der Waals surface area contributed by atoms with Gasteiger partial charge in [0.2, 0.25) is 5.88 Å². The van der Waals surface area contributed by atoms with Crippen LogP contribution < -0.4 is 19.9 Å². The second-order valence-electron chi connectivity index (χ2n) is 10.3. The number of alkyl halides is 3. The first kappa shape index (κ1) is 26.3. The second-order valence-corrected chi connectivity index (χ2v) is 10.3. The van der Waals surface area contributed by atoms with Crippen LogP contribution in [-0.4, -0.2) is 65.2 Å². The predicted molar refractivity (Wildman–Crippen MR) is 139 cm³/mol. The molecule has 3 aromatic rings. The molecular formula is C27H27F3N6O4. The molecule has 3 aliphatic rings. The van der Waals surface area contributed by atoms with Gasteiger partial charge in [0.25, 0.3) is 0 Å². The molecule has 0 aliphatic carbocycles. The number of urea groups is 1. The number of anilines is 3. The van der Waals surface area contributed by atoms with Gasteiger partial charge < -0.3 is 19.1 Å². The molecule has 2 fully saturated rings. The zero-order valence-corrected chi connectivity index (χ0v) is 21.8. The molecule has 0 spiro atoms. The summed E-state index contributed by atoms with van der Waals surface area (Å²) in [5.74, 6) is 0.358. The molecule has 5 heterocycles. The molecule has 0 radical (unpaired) electrons. The molecule has 210 valence electrons. The summed E-state index contributed by atoms with van der Waals surface area (Å²) in [7, 11) is 0. The number of aromatic nitrogens is 3. The standard InChI is InChI=1S/C27H27F3N6O4/c1-26(2)39-15-19(40-26)14-38-22-8-4-7-21(32-22)33-25(37)36-18-9-10-35(13-18)20-12-31-23(34-24(20)36)16-5-3-6-17(11-16)27(28,29)30/h3-8,11-12,18-19H,9-10,13-15H2,1-2H3,(H,32,33,37)/t18-,19-/m0/s1. The third-order valence-electron chi connectivity index (χ3n) is 6.96. The minimum absolute atomic E-state index is 0.0972. The summed E-state index contributed by atoms with van der Waals surface area (Å²) in [5, 5.41) is 2.82. The predicted octanol–water partition coefficient (Wildman–Crippen LogP) is 4.72. The third kappa shape index (κ3) is 5.26. The molecule has 13 heteroatoms. The van der Waals surface area contributed by atoms with Gasteiger partial charge in [-0.1, -0.05) is 18.2 Å². The van der Waals surface area contributed by atoms with Crippen LogP contribution in [0.5, 0.6) is 5.88 Å². The van der Waals surface area contributed by atoms with Crippen LogP contribution in [0.3, 0.4) is 0 Å². The van der Waals surface area contributed by atoms with E-state index in [0.29, 0.717) is 43.5 Å². The summed E-state index contributed by atoms with van der Waals surface area (Å²) in [5.41, 5.74) is 0.0532. The van der Waals surface area contributed by atoms with Gasteiger partial charge in [-0.15, -0.1) is 0 Å². The Bertz CT molecular complexity index is 1440. The molecule has 0 saturated carbocycles. The van der Waals surface area contributed by atoms with Crippen molar-refractivity contribution in [3.63, 3.8) is 0 Å². The van der Waals surface area contributed by atoms with Gasteiger partial charge in [-0.3, -0.25) is 10.2 Å². The van der Waals surface area contributed by atoms with Crippen molar-refractivity contribution in [2.45, 2.75) is 44.4 Å². The van der Waals surface area contributed by atoms with E-state index >= 15 is 0 Å².